The zero-order valence-corrected chi connectivity index (χ0v) is 14.5. The summed E-state index contributed by atoms with van der Waals surface area (Å²) < 4.78 is 2.02. The van der Waals surface area contributed by atoms with E-state index in [1.54, 1.807) is 0 Å². The summed E-state index contributed by atoms with van der Waals surface area (Å²) in [7, 11) is 2.04. The zero-order valence-electron chi connectivity index (χ0n) is 14.5. The van der Waals surface area contributed by atoms with Crippen molar-refractivity contribution in [1.82, 2.24) is 9.78 Å². The largest absolute Gasteiger partial charge is 0.382 e. The Kier molecular flexibility index (Phi) is 3.14. The number of hydrogen-bond acceptors (Lipinski definition) is 3. The first-order valence-corrected chi connectivity index (χ1v) is 8.99. The van der Waals surface area contributed by atoms with Crippen LogP contribution in [0, 0.1) is 0 Å². The maximum Gasteiger partial charge on any atom is 0.0734 e. The Morgan fingerprint density at radius 2 is 2.08 bits per heavy atom. The van der Waals surface area contributed by atoms with E-state index in [2.05, 4.69) is 53.6 Å². The van der Waals surface area contributed by atoms with E-state index in [1.807, 2.05) is 11.7 Å². The molecular formula is C21H22N4. The van der Waals surface area contributed by atoms with Crippen molar-refractivity contribution >= 4 is 22.3 Å². The van der Waals surface area contributed by atoms with Crippen LogP contribution in [0.4, 0.5) is 11.4 Å². The third kappa shape index (κ3) is 2.40. The van der Waals surface area contributed by atoms with Gasteiger partial charge in [-0.3, -0.25) is 4.68 Å². The fourth-order valence-electron chi connectivity index (χ4n) is 3.80. The lowest BCUT2D eigenvalue weighted by molar-refractivity contribution is 0.767. The molecule has 2 aromatic carbocycles. The molecule has 0 spiro atoms. The normalized spacial score (nSPS) is 16.9. The van der Waals surface area contributed by atoms with Gasteiger partial charge in [-0.05, 0) is 36.6 Å². The summed E-state index contributed by atoms with van der Waals surface area (Å²) in [5.74, 6) is 0.648. The highest BCUT2D eigenvalue weighted by molar-refractivity contribution is 5.93. The van der Waals surface area contributed by atoms with Gasteiger partial charge in [-0.1, -0.05) is 24.8 Å². The molecule has 0 bridgehead atoms. The number of hydrogen-bond donors (Lipinski definition) is 2. The minimum atomic E-state index is 0.648. The molecule has 1 fully saturated rings. The number of aryl methyl sites for hydroxylation is 1. The van der Waals surface area contributed by atoms with Crippen LogP contribution in [0.25, 0.3) is 22.0 Å². The van der Waals surface area contributed by atoms with Gasteiger partial charge < -0.3 is 10.6 Å². The molecule has 2 aliphatic rings. The summed E-state index contributed by atoms with van der Waals surface area (Å²) in [6.07, 6.45) is 3.47. The molecule has 2 heterocycles. The van der Waals surface area contributed by atoms with Crippen LogP contribution >= 0.6 is 0 Å². The number of rotatable bonds is 2. The summed E-state index contributed by atoms with van der Waals surface area (Å²) >= 11 is 0. The van der Waals surface area contributed by atoms with E-state index in [0.717, 1.165) is 30.0 Å². The summed E-state index contributed by atoms with van der Waals surface area (Å²) in [4.78, 5) is 0. The molecule has 1 aliphatic carbocycles. The Hall–Kier alpha value is -2.75. The van der Waals surface area contributed by atoms with Crippen molar-refractivity contribution in [3.8, 4) is 11.1 Å². The van der Waals surface area contributed by atoms with Gasteiger partial charge in [0.1, 0.15) is 0 Å². The van der Waals surface area contributed by atoms with E-state index >= 15 is 0 Å². The number of para-hydroxylation sites is 1. The molecule has 4 heteroatoms. The van der Waals surface area contributed by atoms with Crippen LogP contribution in [0.5, 0.6) is 0 Å². The molecule has 1 saturated carbocycles. The molecule has 4 nitrogen and oxygen atoms in total. The van der Waals surface area contributed by atoms with E-state index in [4.69, 9.17) is 5.10 Å². The molecule has 0 radical (unpaired) electrons. The van der Waals surface area contributed by atoms with Gasteiger partial charge >= 0.3 is 0 Å². The van der Waals surface area contributed by atoms with Crippen molar-refractivity contribution in [3.63, 3.8) is 0 Å². The number of aromatic nitrogens is 2. The lowest BCUT2D eigenvalue weighted by Gasteiger charge is -2.14. The second kappa shape index (κ2) is 5.38. The molecule has 25 heavy (non-hydrogen) atoms. The third-order valence-corrected chi connectivity index (χ3v) is 5.26. The molecular weight excluding hydrogens is 308 g/mol. The van der Waals surface area contributed by atoms with E-state index in [-0.39, 0.29) is 0 Å². The van der Waals surface area contributed by atoms with E-state index in [0.29, 0.717) is 5.92 Å². The Bertz CT molecular complexity index is 995. The highest BCUT2D eigenvalue weighted by Crippen LogP contribution is 2.44. The van der Waals surface area contributed by atoms with Gasteiger partial charge in [0, 0.05) is 42.6 Å². The maximum atomic E-state index is 4.78. The SMILES string of the molecule is C=C1CCNc2c(cccc2-c2ccc3c(c2)c(C2CC2)nn3C)N1. The monoisotopic (exact) mass is 330 g/mol. The molecule has 0 unspecified atom stereocenters. The molecule has 1 aromatic heterocycles. The second-order valence-corrected chi connectivity index (χ2v) is 7.15. The topological polar surface area (TPSA) is 41.9 Å². The Morgan fingerprint density at radius 3 is 2.92 bits per heavy atom. The smallest absolute Gasteiger partial charge is 0.0734 e. The molecule has 5 rings (SSSR count). The predicted molar refractivity (Wildman–Crippen MR) is 104 cm³/mol. The molecule has 0 saturated heterocycles. The minimum Gasteiger partial charge on any atom is -0.382 e. The number of nitrogens with zero attached hydrogens (tertiary/aromatic N) is 2. The first-order chi connectivity index (χ1) is 12.2. The van der Waals surface area contributed by atoms with Crippen molar-refractivity contribution in [2.45, 2.75) is 25.2 Å². The highest BCUT2D eigenvalue weighted by Gasteiger charge is 2.29. The summed E-state index contributed by atoms with van der Waals surface area (Å²) in [6.45, 7) is 5.00. The Balaban J connectivity index is 1.68. The number of fused-ring (bicyclic) bond motifs is 2. The van der Waals surface area contributed by atoms with Crippen LogP contribution in [0.15, 0.2) is 48.7 Å². The lowest BCUT2D eigenvalue weighted by atomic mass is 9.99. The third-order valence-electron chi connectivity index (χ3n) is 5.26. The highest BCUT2D eigenvalue weighted by atomic mass is 15.3. The van der Waals surface area contributed by atoms with Gasteiger partial charge in [0.25, 0.3) is 0 Å². The fourth-order valence-corrected chi connectivity index (χ4v) is 3.80. The first kappa shape index (κ1) is 14.6. The van der Waals surface area contributed by atoms with Crippen LogP contribution in [0.1, 0.15) is 30.9 Å². The van der Waals surface area contributed by atoms with Crippen LogP contribution in [0.2, 0.25) is 0 Å². The molecule has 126 valence electrons. The second-order valence-electron chi connectivity index (χ2n) is 7.15. The van der Waals surface area contributed by atoms with Crippen molar-refractivity contribution in [3.05, 3.63) is 54.4 Å². The number of nitrogens with one attached hydrogen (secondary N) is 2. The average molecular weight is 330 g/mol. The Labute approximate surface area is 147 Å². The molecule has 0 amide bonds. The summed E-state index contributed by atoms with van der Waals surface area (Å²) in [5, 5.41) is 13.1. The average Bonchev–Trinajstić information content (AvgIpc) is 3.42. The molecule has 2 N–H and O–H groups in total. The minimum absolute atomic E-state index is 0.648. The first-order valence-electron chi connectivity index (χ1n) is 8.99. The molecule has 0 atom stereocenters. The quantitative estimate of drug-likeness (QED) is 0.705. The summed E-state index contributed by atoms with van der Waals surface area (Å²) in [5.41, 5.74) is 8.27. The van der Waals surface area contributed by atoms with Crippen molar-refractivity contribution in [2.75, 3.05) is 17.2 Å². The van der Waals surface area contributed by atoms with E-state index in [9.17, 15) is 0 Å². The van der Waals surface area contributed by atoms with Crippen LogP contribution in [-0.4, -0.2) is 16.3 Å². The van der Waals surface area contributed by atoms with Gasteiger partial charge in [-0.2, -0.15) is 5.10 Å². The van der Waals surface area contributed by atoms with Crippen molar-refractivity contribution < 1.29 is 0 Å². The predicted octanol–water partition coefficient (Wildman–Crippen LogP) is 4.86. The van der Waals surface area contributed by atoms with E-state index < -0.39 is 0 Å². The van der Waals surface area contributed by atoms with Gasteiger partial charge in [0.05, 0.1) is 22.6 Å². The van der Waals surface area contributed by atoms with Crippen molar-refractivity contribution in [2.24, 2.45) is 7.05 Å². The van der Waals surface area contributed by atoms with Gasteiger partial charge in [0.15, 0.2) is 0 Å². The number of benzene rings is 2. The number of anilines is 2. The fraction of sp³-hybridized carbons (Fsp3) is 0.286. The molecule has 3 aromatic rings. The van der Waals surface area contributed by atoms with Crippen LogP contribution in [0.3, 0.4) is 0 Å². The Morgan fingerprint density at radius 1 is 1.20 bits per heavy atom. The standard InChI is InChI=1S/C21H22N4/c1-13-10-11-22-21-16(4-3-5-18(21)23-13)15-8-9-19-17(12-15)20(14-6-7-14)24-25(19)2/h3-5,8-9,12,14,22-23H,1,6-7,10-11H2,2H3. The summed E-state index contributed by atoms with van der Waals surface area (Å²) in [6, 6.07) is 13.1. The van der Waals surface area contributed by atoms with Gasteiger partial charge in [-0.15, -0.1) is 0 Å². The van der Waals surface area contributed by atoms with Crippen LogP contribution in [-0.2, 0) is 7.05 Å². The zero-order chi connectivity index (χ0) is 17.0. The lowest BCUT2D eigenvalue weighted by Crippen LogP contribution is -2.00. The van der Waals surface area contributed by atoms with Crippen LogP contribution < -0.4 is 10.6 Å². The van der Waals surface area contributed by atoms with Crippen molar-refractivity contribution in [1.29, 1.82) is 0 Å². The van der Waals surface area contributed by atoms with Gasteiger partial charge in [-0.25, -0.2) is 0 Å². The van der Waals surface area contributed by atoms with Gasteiger partial charge in [0.2, 0.25) is 0 Å². The molecule has 1 aliphatic heterocycles. The maximum absolute atomic E-state index is 4.78. The van der Waals surface area contributed by atoms with E-state index in [1.165, 1.54) is 40.6 Å².